The first kappa shape index (κ1) is 19.5. The average molecular weight is 389 g/mol. The molecule has 0 saturated carbocycles. The number of rotatable bonds is 3. The smallest absolute Gasteiger partial charge is 0.273 e. The topological polar surface area (TPSA) is 75.8 Å². The van der Waals surface area contributed by atoms with Gasteiger partial charge in [-0.25, -0.2) is 0 Å². The molecule has 5 nitrogen and oxygen atoms in total. The van der Waals surface area contributed by atoms with Crippen LogP contribution >= 0.6 is 11.3 Å². The van der Waals surface area contributed by atoms with Gasteiger partial charge in [-0.3, -0.25) is 19.1 Å². The van der Waals surface area contributed by atoms with Crippen molar-refractivity contribution >= 4 is 28.8 Å². The predicted octanol–water partition coefficient (Wildman–Crippen LogP) is 2.41. The number of aromatic nitrogens is 2. The van der Waals surface area contributed by atoms with Crippen molar-refractivity contribution in [3.8, 4) is 11.8 Å². The third-order valence-electron chi connectivity index (χ3n) is 4.04. The molecule has 2 heterocycles. The van der Waals surface area contributed by atoms with Gasteiger partial charge in [0.15, 0.2) is 5.78 Å². The predicted molar refractivity (Wildman–Crippen MR) is 110 cm³/mol. The molecular formula is C22H19N3O2S. The van der Waals surface area contributed by atoms with Crippen LogP contribution < -0.4 is 14.8 Å². The zero-order valence-corrected chi connectivity index (χ0v) is 16.7. The number of pyridine rings is 1. The van der Waals surface area contributed by atoms with Gasteiger partial charge >= 0.3 is 0 Å². The van der Waals surface area contributed by atoms with Crippen LogP contribution in [0.15, 0.2) is 59.5 Å². The lowest BCUT2D eigenvalue weighted by atomic mass is 9.87. The molecule has 0 aliphatic carbocycles. The summed E-state index contributed by atoms with van der Waals surface area (Å²) in [5, 5.41) is 9.74. The highest BCUT2D eigenvalue weighted by Crippen LogP contribution is 2.20. The van der Waals surface area contributed by atoms with Gasteiger partial charge in [-0.1, -0.05) is 45.0 Å². The molecule has 0 unspecified atom stereocenters. The Balaban J connectivity index is 2.43. The Labute approximate surface area is 166 Å². The molecule has 0 radical (unpaired) electrons. The Morgan fingerprint density at radius 2 is 1.82 bits per heavy atom. The number of hydrogen-bond donors (Lipinski definition) is 0. The lowest BCUT2D eigenvalue weighted by Crippen LogP contribution is -2.33. The Morgan fingerprint density at radius 3 is 2.39 bits per heavy atom. The van der Waals surface area contributed by atoms with E-state index in [1.807, 2.05) is 30.3 Å². The molecule has 28 heavy (non-hydrogen) atoms. The van der Waals surface area contributed by atoms with E-state index in [4.69, 9.17) is 0 Å². The van der Waals surface area contributed by atoms with Gasteiger partial charge in [-0.05, 0) is 30.3 Å². The Bertz CT molecular complexity index is 1230. The molecule has 0 saturated heterocycles. The molecule has 0 bridgehead atoms. The van der Waals surface area contributed by atoms with Crippen molar-refractivity contribution in [2.24, 2.45) is 5.41 Å². The van der Waals surface area contributed by atoms with Crippen LogP contribution in [0, 0.1) is 16.7 Å². The van der Waals surface area contributed by atoms with Gasteiger partial charge in [-0.15, -0.1) is 11.3 Å². The van der Waals surface area contributed by atoms with E-state index in [1.54, 1.807) is 57.3 Å². The summed E-state index contributed by atoms with van der Waals surface area (Å²) in [6.45, 7) is 5.27. The van der Waals surface area contributed by atoms with Crippen molar-refractivity contribution in [1.29, 1.82) is 5.26 Å². The van der Waals surface area contributed by atoms with Crippen molar-refractivity contribution in [2.45, 2.75) is 20.8 Å². The highest BCUT2D eigenvalue weighted by atomic mass is 32.1. The number of para-hydroxylation sites is 1. The number of nitrogens with zero attached hydrogens (tertiary/aromatic N) is 3. The standard InChI is InChI=1S/C22H19N3O2S/c1-22(2,3)19(26)17(14-23)21-25(16-10-5-4-6-11-16)20(27)18(28-21)13-15-9-7-8-12-24-15/h4-13H,1-3H3/b18-13+,21-17-. The minimum Gasteiger partial charge on any atom is -0.293 e. The quantitative estimate of drug-likeness (QED) is 0.689. The second kappa shape index (κ2) is 7.75. The summed E-state index contributed by atoms with van der Waals surface area (Å²) < 4.78 is 2.18. The number of nitriles is 1. The van der Waals surface area contributed by atoms with Crippen LogP contribution in [-0.2, 0) is 4.79 Å². The van der Waals surface area contributed by atoms with Crippen LogP contribution in [0.2, 0.25) is 0 Å². The Morgan fingerprint density at radius 1 is 1.14 bits per heavy atom. The van der Waals surface area contributed by atoms with Gasteiger partial charge in [0, 0.05) is 11.6 Å². The zero-order chi connectivity index (χ0) is 20.3. The molecule has 0 fully saturated rings. The third-order valence-corrected chi connectivity index (χ3v) is 5.13. The average Bonchev–Trinajstić information content (AvgIpc) is 2.99. The summed E-state index contributed by atoms with van der Waals surface area (Å²) in [6, 6.07) is 16.5. The van der Waals surface area contributed by atoms with Crippen molar-refractivity contribution < 1.29 is 4.79 Å². The molecule has 2 aromatic heterocycles. The van der Waals surface area contributed by atoms with Gasteiger partial charge < -0.3 is 0 Å². The van der Waals surface area contributed by atoms with E-state index in [2.05, 4.69) is 4.98 Å². The summed E-state index contributed by atoms with van der Waals surface area (Å²) in [5.41, 5.74) is 0.199. The molecule has 0 amide bonds. The lowest BCUT2D eigenvalue weighted by molar-refractivity contribution is -0.120. The number of hydrogen-bond acceptors (Lipinski definition) is 5. The van der Waals surface area contributed by atoms with Crippen molar-refractivity contribution in [3.05, 3.63) is 80.0 Å². The first-order valence-electron chi connectivity index (χ1n) is 8.72. The van der Waals surface area contributed by atoms with Crippen LogP contribution in [-0.4, -0.2) is 15.3 Å². The minimum absolute atomic E-state index is 0.0147. The van der Waals surface area contributed by atoms with Gasteiger partial charge in [0.1, 0.15) is 16.3 Å². The number of benzene rings is 1. The highest BCUT2D eigenvalue weighted by molar-refractivity contribution is 7.07. The monoisotopic (exact) mass is 389 g/mol. The van der Waals surface area contributed by atoms with E-state index in [9.17, 15) is 14.9 Å². The molecular weight excluding hydrogens is 370 g/mol. The molecule has 6 heteroatoms. The summed E-state index contributed by atoms with van der Waals surface area (Å²) in [4.78, 5) is 30.3. The van der Waals surface area contributed by atoms with E-state index in [1.165, 1.54) is 4.57 Å². The molecule has 0 atom stereocenters. The fourth-order valence-electron chi connectivity index (χ4n) is 2.63. The first-order valence-corrected chi connectivity index (χ1v) is 9.54. The molecule has 3 aromatic rings. The van der Waals surface area contributed by atoms with Crippen LogP contribution in [0.1, 0.15) is 26.5 Å². The Kier molecular flexibility index (Phi) is 5.39. The van der Waals surface area contributed by atoms with E-state index < -0.39 is 5.41 Å². The van der Waals surface area contributed by atoms with E-state index in [-0.39, 0.29) is 16.9 Å². The lowest BCUT2D eigenvalue weighted by Gasteiger charge is -2.15. The molecule has 140 valence electrons. The van der Waals surface area contributed by atoms with Crippen LogP contribution in [0.3, 0.4) is 0 Å². The van der Waals surface area contributed by atoms with Gasteiger partial charge in [0.05, 0.1) is 15.9 Å². The normalized spacial score (nSPS) is 13.1. The van der Waals surface area contributed by atoms with E-state index in [0.29, 0.717) is 20.6 Å². The highest BCUT2D eigenvalue weighted by Gasteiger charge is 2.27. The number of Topliss-reactive ketones (excluding diaryl/α,β-unsaturated/α-hetero) is 1. The van der Waals surface area contributed by atoms with Crippen LogP contribution in [0.25, 0.3) is 17.3 Å². The van der Waals surface area contributed by atoms with Gasteiger partial charge in [-0.2, -0.15) is 5.26 Å². The molecule has 1 aromatic carbocycles. The molecule has 3 rings (SSSR count). The van der Waals surface area contributed by atoms with Crippen molar-refractivity contribution in [3.63, 3.8) is 0 Å². The molecule has 0 aliphatic heterocycles. The zero-order valence-electron chi connectivity index (χ0n) is 15.8. The number of carbonyl (C=O) groups excluding carboxylic acids is 1. The second-order valence-electron chi connectivity index (χ2n) is 7.21. The fraction of sp³-hybridized carbons (Fsp3) is 0.182. The maximum atomic E-state index is 13.2. The van der Waals surface area contributed by atoms with Gasteiger partial charge in [0.2, 0.25) is 0 Å². The van der Waals surface area contributed by atoms with E-state index in [0.717, 1.165) is 11.3 Å². The summed E-state index contributed by atoms with van der Waals surface area (Å²) in [7, 11) is 0. The largest absolute Gasteiger partial charge is 0.293 e. The summed E-state index contributed by atoms with van der Waals surface area (Å²) >= 11 is 1.13. The summed E-state index contributed by atoms with van der Waals surface area (Å²) in [5.74, 6) is -0.301. The summed E-state index contributed by atoms with van der Waals surface area (Å²) in [6.07, 6.45) is 3.32. The number of ketones is 1. The SMILES string of the molecule is CC(C)(C)C(=O)/C(C#N)=c1\s/c(=C/c2ccccn2)c(=O)n1-c1ccccc1. The maximum Gasteiger partial charge on any atom is 0.273 e. The van der Waals surface area contributed by atoms with E-state index >= 15 is 0 Å². The maximum absolute atomic E-state index is 13.2. The fourth-order valence-corrected chi connectivity index (χ4v) is 3.71. The van der Waals surface area contributed by atoms with Crippen molar-refractivity contribution in [2.75, 3.05) is 0 Å². The van der Waals surface area contributed by atoms with Crippen molar-refractivity contribution in [1.82, 2.24) is 9.55 Å². The van der Waals surface area contributed by atoms with Crippen LogP contribution in [0.5, 0.6) is 0 Å². The molecule has 0 N–H and O–H groups in total. The molecule has 0 aliphatic rings. The number of thiazole rings is 1. The van der Waals surface area contributed by atoms with Crippen LogP contribution in [0.4, 0.5) is 0 Å². The molecule has 0 spiro atoms. The number of carbonyl (C=O) groups is 1. The Hall–Kier alpha value is -3.30. The minimum atomic E-state index is -0.739. The second-order valence-corrected chi connectivity index (χ2v) is 8.24. The van der Waals surface area contributed by atoms with Gasteiger partial charge in [0.25, 0.3) is 5.56 Å². The third kappa shape index (κ3) is 3.85. The first-order chi connectivity index (χ1) is 13.3.